The van der Waals surface area contributed by atoms with Gasteiger partial charge in [0.05, 0.1) is 6.20 Å². The van der Waals surface area contributed by atoms with Crippen LogP contribution in [-0.2, 0) is 6.42 Å². The minimum absolute atomic E-state index is 0.887. The topological polar surface area (TPSA) is 42.2 Å². The number of rotatable bonds is 4. The molecule has 4 nitrogen and oxygen atoms in total. The molecule has 0 bridgehead atoms. The molecule has 0 saturated carbocycles. The number of hydrogen-bond acceptors (Lipinski definition) is 4. The summed E-state index contributed by atoms with van der Waals surface area (Å²) in [6.45, 7) is 0.887. The average molecular weight is 244 g/mol. The second-order valence-electron chi connectivity index (χ2n) is 3.69. The number of aromatic nitrogens is 3. The van der Waals surface area contributed by atoms with Gasteiger partial charge in [-0.2, -0.15) is 5.10 Å². The van der Waals surface area contributed by atoms with Crippen LogP contribution in [0.5, 0.6) is 0 Å². The Morgan fingerprint density at radius 1 is 1.29 bits per heavy atom. The summed E-state index contributed by atoms with van der Waals surface area (Å²) in [5.74, 6) is 0.890. The van der Waals surface area contributed by atoms with Gasteiger partial charge in [0.1, 0.15) is 5.52 Å². The van der Waals surface area contributed by atoms with Crippen molar-refractivity contribution in [2.24, 2.45) is 0 Å². The predicted octanol–water partition coefficient (Wildman–Crippen LogP) is 2.45. The molecule has 0 fully saturated rings. The van der Waals surface area contributed by atoms with Crippen LogP contribution in [0.15, 0.2) is 42.2 Å². The Labute approximate surface area is 103 Å². The Hall–Kier alpha value is -1.88. The first-order valence-electron chi connectivity index (χ1n) is 5.48. The SMILES string of the molecule is c1csc(CCNc2nccn3nccc23)c1. The lowest BCUT2D eigenvalue weighted by atomic mass is 10.3. The molecule has 0 spiro atoms. The van der Waals surface area contributed by atoms with Crippen LogP contribution in [-0.4, -0.2) is 21.1 Å². The third kappa shape index (κ3) is 2.14. The van der Waals surface area contributed by atoms with Crippen molar-refractivity contribution >= 4 is 22.7 Å². The smallest absolute Gasteiger partial charge is 0.152 e. The van der Waals surface area contributed by atoms with Gasteiger partial charge in [-0.1, -0.05) is 6.07 Å². The van der Waals surface area contributed by atoms with Gasteiger partial charge in [-0.05, 0) is 23.9 Å². The van der Waals surface area contributed by atoms with Crippen molar-refractivity contribution in [3.8, 4) is 0 Å². The summed E-state index contributed by atoms with van der Waals surface area (Å²) in [6.07, 6.45) is 6.41. The first-order valence-corrected chi connectivity index (χ1v) is 6.36. The fourth-order valence-electron chi connectivity index (χ4n) is 1.75. The zero-order valence-corrected chi connectivity index (χ0v) is 10.0. The number of nitrogens with zero attached hydrogens (tertiary/aromatic N) is 3. The number of thiophene rings is 1. The first-order chi connectivity index (χ1) is 8.43. The minimum Gasteiger partial charge on any atom is -0.368 e. The lowest BCUT2D eigenvalue weighted by Crippen LogP contribution is -2.06. The zero-order chi connectivity index (χ0) is 11.5. The molecule has 0 aliphatic carbocycles. The third-order valence-electron chi connectivity index (χ3n) is 2.57. The molecule has 0 unspecified atom stereocenters. The summed E-state index contributed by atoms with van der Waals surface area (Å²) in [4.78, 5) is 5.72. The van der Waals surface area contributed by atoms with Gasteiger partial charge in [0.25, 0.3) is 0 Å². The molecule has 0 aliphatic heterocycles. The molecule has 3 rings (SSSR count). The van der Waals surface area contributed by atoms with Gasteiger partial charge in [-0.3, -0.25) is 0 Å². The van der Waals surface area contributed by atoms with E-state index in [1.54, 1.807) is 23.7 Å². The Morgan fingerprint density at radius 3 is 3.18 bits per heavy atom. The minimum atomic E-state index is 0.887. The zero-order valence-electron chi connectivity index (χ0n) is 9.21. The van der Waals surface area contributed by atoms with Crippen molar-refractivity contribution in [2.45, 2.75) is 6.42 Å². The molecule has 3 heterocycles. The molecule has 0 aliphatic rings. The first kappa shape index (κ1) is 10.3. The summed E-state index contributed by atoms with van der Waals surface area (Å²) in [7, 11) is 0. The van der Waals surface area contributed by atoms with E-state index in [9.17, 15) is 0 Å². The molecule has 17 heavy (non-hydrogen) atoms. The highest BCUT2D eigenvalue weighted by molar-refractivity contribution is 7.09. The van der Waals surface area contributed by atoms with Crippen LogP contribution < -0.4 is 5.32 Å². The van der Waals surface area contributed by atoms with Gasteiger partial charge < -0.3 is 5.32 Å². The number of anilines is 1. The summed E-state index contributed by atoms with van der Waals surface area (Å²) in [5.41, 5.74) is 1.01. The van der Waals surface area contributed by atoms with Crippen molar-refractivity contribution in [1.29, 1.82) is 0 Å². The van der Waals surface area contributed by atoms with Crippen LogP contribution >= 0.6 is 11.3 Å². The predicted molar refractivity (Wildman–Crippen MR) is 69.5 cm³/mol. The second kappa shape index (κ2) is 4.55. The van der Waals surface area contributed by atoms with E-state index in [0.717, 1.165) is 24.3 Å². The molecule has 86 valence electrons. The molecule has 0 aromatic carbocycles. The fourth-order valence-corrected chi connectivity index (χ4v) is 2.46. The maximum Gasteiger partial charge on any atom is 0.152 e. The van der Waals surface area contributed by atoms with Crippen LogP contribution in [0.4, 0.5) is 5.82 Å². The molecule has 0 atom stereocenters. The van der Waals surface area contributed by atoms with E-state index in [4.69, 9.17) is 0 Å². The quantitative estimate of drug-likeness (QED) is 0.766. The van der Waals surface area contributed by atoms with Gasteiger partial charge in [0.2, 0.25) is 0 Å². The molecule has 5 heteroatoms. The highest BCUT2D eigenvalue weighted by Crippen LogP contribution is 2.13. The van der Waals surface area contributed by atoms with Gasteiger partial charge >= 0.3 is 0 Å². The Bertz CT molecular complexity index is 600. The van der Waals surface area contributed by atoms with E-state index in [-0.39, 0.29) is 0 Å². The summed E-state index contributed by atoms with van der Waals surface area (Å²) in [5, 5.41) is 9.63. The molecule has 1 N–H and O–H groups in total. The van der Waals surface area contributed by atoms with Gasteiger partial charge in [0, 0.05) is 23.8 Å². The molecular weight excluding hydrogens is 232 g/mol. The summed E-state index contributed by atoms with van der Waals surface area (Å²) in [6, 6.07) is 6.19. The van der Waals surface area contributed by atoms with Crippen molar-refractivity contribution in [1.82, 2.24) is 14.6 Å². The molecule has 0 radical (unpaired) electrons. The van der Waals surface area contributed by atoms with Gasteiger partial charge in [0.15, 0.2) is 5.82 Å². The van der Waals surface area contributed by atoms with E-state index in [0.29, 0.717) is 0 Å². The van der Waals surface area contributed by atoms with Crippen LogP contribution in [0.3, 0.4) is 0 Å². The average Bonchev–Trinajstić information content (AvgIpc) is 2.99. The van der Waals surface area contributed by atoms with Crippen LogP contribution in [0, 0.1) is 0 Å². The van der Waals surface area contributed by atoms with Crippen molar-refractivity contribution in [3.63, 3.8) is 0 Å². The maximum atomic E-state index is 4.33. The second-order valence-corrected chi connectivity index (χ2v) is 4.73. The van der Waals surface area contributed by atoms with Gasteiger partial charge in [-0.15, -0.1) is 11.3 Å². The largest absolute Gasteiger partial charge is 0.368 e. The Morgan fingerprint density at radius 2 is 2.29 bits per heavy atom. The van der Waals surface area contributed by atoms with E-state index in [1.807, 2.05) is 16.8 Å². The maximum absolute atomic E-state index is 4.33. The third-order valence-corrected chi connectivity index (χ3v) is 3.50. The monoisotopic (exact) mass is 244 g/mol. The Balaban J connectivity index is 1.70. The van der Waals surface area contributed by atoms with E-state index in [1.165, 1.54) is 4.88 Å². The van der Waals surface area contributed by atoms with Crippen LogP contribution in [0.1, 0.15) is 4.88 Å². The lowest BCUT2D eigenvalue weighted by Gasteiger charge is -2.05. The summed E-state index contributed by atoms with van der Waals surface area (Å²) < 4.78 is 1.82. The Kier molecular flexibility index (Phi) is 2.75. The standard InChI is InChI=1S/C12H12N4S/c1-2-10(17-9-1)3-5-13-12-11-4-6-15-16(11)8-7-14-12/h1-2,4,6-9H,3,5H2,(H,13,14). The van der Waals surface area contributed by atoms with Crippen molar-refractivity contribution < 1.29 is 0 Å². The van der Waals surface area contributed by atoms with Crippen molar-refractivity contribution in [2.75, 3.05) is 11.9 Å². The fraction of sp³-hybridized carbons (Fsp3) is 0.167. The van der Waals surface area contributed by atoms with Gasteiger partial charge in [-0.25, -0.2) is 9.50 Å². The van der Waals surface area contributed by atoms with Crippen molar-refractivity contribution in [3.05, 3.63) is 47.0 Å². The normalized spacial score (nSPS) is 10.8. The van der Waals surface area contributed by atoms with Crippen LogP contribution in [0.25, 0.3) is 5.52 Å². The molecule has 3 aromatic heterocycles. The van der Waals surface area contributed by atoms with E-state index in [2.05, 4.69) is 32.9 Å². The molecular formula is C12H12N4S. The number of fused-ring (bicyclic) bond motifs is 1. The number of nitrogens with one attached hydrogen (secondary N) is 1. The summed E-state index contributed by atoms with van der Waals surface area (Å²) >= 11 is 1.79. The highest BCUT2D eigenvalue weighted by Gasteiger charge is 2.02. The molecule has 0 saturated heterocycles. The molecule has 0 amide bonds. The highest BCUT2D eigenvalue weighted by atomic mass is 32.1. The van der Waals surface area contributed by atoms with E-state index < -0.39 is 0 Å². The lowest BCUT2D eigenvalue weighted by molar-refractivity contribution is 0.939. The van der Waals surface area contributed by atoms with Crippen LogP contribution in [0.2, 0.25) is 0 Å². The molecule has 3 aromatic rings. The number of hydrogen-bond donors (Lipinski definition) is 1. The van der Waals surface area contributed by atoms with E-state index >= 15 is 0 Å².